The molecule has 1 aliphatic rings. The van der Waals surface area contributed by atoms with Crippen LogP contribution in [-0.2, 0) is 4.74 Å². The third-order valence-corrected chi connectivity index (χ3v) is 3.26. The van der Waals surface area contributed by atoms with Gasteiger partial charge in [-0.3, -0.25) is 9.36 Å². The molecule has 0 unspecified atom stereocenters. The Hall–Kier alpha value is -1.12. The van der Waals surface area contributed by atoms with Gasteiger partial charge < -0.3 is 25.8 Å². The van der Waals surface area contributed by atoms with Crippen molar-refractivity contribution in [3.63, 3.8) is 0 Å². The molecule has 2 heterocycles. The molecular weight excluding hydrogens is 264 g/mol. The van der Waals surface area contributed by atoms with Gasteiger partial charge in [0, 0.05) is 6.20 Å². The van der Waals surface area contributed by atoms with E-state index in [0.29, 0.717) is 0 Å². The number of nitrogens with zero attached hydrogens (tertiary/aromatic N) is 1. The predicted molar refractivity (Wildman–Crippen MR) is 63.1 cm³/mol. The molecule has 1 saturated heterocycles. The van der Waals surface area contributed by atoms with Crippen molar-refractivity contribution < 1.29 is 20.1 Å². The molecule has 0 radical (unpaired) electrons. The van der Waals surface area contributed by atoms with Gasteiger partial charge in [0.25, 0.3) is 5.56 Å². The second-order valence-electron chi connectivity index (χ2n) is 4.03. The number of ether oxygens (including phenoxy) is 1. The molecule has 0 spiro atoms. The number of pyridine rings is 1. The number of hydrogen-bond donors (Lipinski definition) is 4. The summed E-state index contributed by atoms with van der Waals surface area (Å²) in [6.45, 7) is -0.466. The zero-order chi connectivity index (χ0) is 13.4. The van der Waals surface area contributed by atoms with E-state index in [1.54, 1.807) is 0 Å². The lowest BCUT2D eigenvalue weighted by atomic mass is 10.1. The van der Waals surface area contributed by atoms with Crippen molar-refractivity contribution in [2.75, 3.05) is 12.3 Å². The topological polar surface area (TPSA) is 118 Å². The Kier molecular flexibility index (Phi) is 3.60. The molecule has 0 saturated carbocycles. The van der Waals surface area contributed by atoms with Gasteiger partial charge in [0.05, 0.1) is 12.3 Å². The molecule has 0 bridgehead atoms. The molecule has 0 amide bonds. The highest BCUT2D eigenvalue weighted by Crippen LogP contribution is 2.28. The number of hydrogen-bond acceptors (Lipinski definition) is 6. The van der Waals surface area contributed by atoms with Gasteiger partial charge >= 0.3 is 0 Å². The largest absolute Gasteiger partial charge is 0.397 e. The molecule has 18 heavy (non-hydrogen) atoms. The molecule has 1 aliphatic heterocycles. The standard InChI is InChI=1S/C10H13ClN2O5/c11-6-4(12)1-2-13(9(6)17)10-8(16)7(15)5(3-14)18-10/h1-2,5,7-8,10,14-16H,3,12H2/t5-,7-,8-,10-/m1/s1. The first kappa shape index (κ1) is 13.3. The molecule has 1 aromatic rings. The molecule has 1 aromatic heterocycles. The molecule has 2 rings (SSSR count). The number of nitrogens with two attached hydrogens (primary N) is 1. The minimum absolute atomic E-state index is 0.115. The number of nitrogen functional groups attached to an aromatic ring is 1. The van der Waals surface area contributed by atoms with Gasteiger partial charge in [-0.25, -0.2) is 0 Å². The first-order chi connectivity index (χ1) is 8.47. The fourth-order valence-corrected chi connectivity index (χ4v) is 2.01. The summed E-state index contributed by atoms with van der Waals surface area (Å²) in [4.78, 5) is 11.8. The third-order valence-electron chi connectivity index (χ3n) is 2.88. The number of aliphatic hydroxyl groups is 3. The van der Waals surface area contributed by atoms with E-state index in [2.05, 4.69) is 0 Å². The second kappa shape index (κ2) is 4.87. The van der Waals surface area contributed by atoms with E-state index in [1.165, 1.54) is 12.3 Å². The predicted octanol–water partition coefficient (Wildman–Crippen LogP) is -1.30. The van der Waals surface area contributed by atoms with Crippen LogP contribution in [0.3, 0.4) is 0 Å². The summed E-state index contributed by atoms with van der Waals surface area (Å²) in [5.41, 5.74) is 4.95. The SMILES string of the molecule is Nc1ccn([C@@H]2O[C@H](CO)[C@@H](O)[C@H]2O)c(=O)c1Cl. The molecule has 100 valence electrons. The van der Waals surface area contributed by atoms with Crippen LogP contribution < -0.4 is 11.3 Å². The molecule has 4 atom stereocenters. The maximum absolute atomic E-state index is 11.8. The van der Waals surface area contributed by atoms with Gasteiger partial charge in [0.15, 0.2) is 6.23 Å². The lowest BCUT2D eigenvalue weighted by Crippen LogP contribution is -2.35. The number of aliphatic hydroxyl groups excluding tert-OH is 3. The second-order valence-corrected chi connectivity index (χ2v) is 4.40. The monoisotopic (exact) mass is 276 g/mol. The summed E-state index contributed by atoms with van der Waals surface area (Å²) in [5, 5.41) is 28.1. The quantitative estimate of drug-likeness (QED) is 0.533. The van der Waals surface area contributed by atoms with Crippen molar-refractivity contribution in [3.05, 3.63) is 27.6 Å². The number of aromatic nitrogens is 1. The average Bonchev–Trinajstić information content (AvgIpc) is 2.64. The number of rotatable bonds is 2. The van der Waals surface area contributed by atoms with E-state index in [9.17, 15) is 15.0 Å². The lowest BCUT2D eigenvalue weighted by molar-refractivity contribution is -0.0543. The van der Waals surface area contributed by atoms with E-state index in [1.807, 2.05) is 0 Å². The highest BCUT2D eigenvalue weighted by Gasteiger charge is 2.43. The molecule has 0 aliphatic carbocycles. The van der Waals surface area contributed by atoms with Crippen LogP contribution in [0.4, 0.5) is 5.69 Å². The zero-order valence-corrected chi connectivity index (χ0v) is 9.99. The maximum atomic E-state index is 11.8. The van der Waals surface area contributed by atoms with Crippen molar-refractivity contribution in [1.29, 1.82) is 0 Å². The van der Waals surface area contributed by atoms with Gasteiger partial charge in [-0.05, 0) is 6.07 Å². The highest BCUT2D eigenvalue weighted by molar-refractivity contribution is 6.32. The van der Waals surface area contributed by atoms with Crippen LogP contribution in [0, 0.1) is 0 Å². The van der Waals surface area contributed by atoms with Gasteiger partial charge in [0.2, 0.25) is 0 Å². The Bertz CT molecular complexity index is 506. The number of halogens is 1. The molecule has 5 N–H and O–H groups in total. The molecular formula is C10H13ClN2O5. The minimum Gasteiger partial charge on any atom is -0.397 e. The first-order valence-corrected chi connectivity index (χ1v) is 5.63. The summed E-state index contributed by atoms with van der Waals surface area (Å²) >= 11 is 5.71. The van der Waals surface area contributed by atoms with Gasteiger partial charge in [-0.15, -0.1) is 0 Å². The van der Waals surface area contributed by atoms with Crippen molar-refractivity contribution in [3.8, 4) is 0 Å². The van der Waals surface area contributed by atoms with Crippen molar-refractivity contribution in [2.24, 2.45) is 0 Å². The van der Waals surface area contributed by atoms with E-state index < -0.39 is 36.7 Å². The van der Waals surface area contributed by atoms with Gasteiger partial charge in [0.1, 0.15) is 23.3 Å². The van der Waals surface area contributed by atoms with Gasteiger partial charge in [-0.2, -0.15) is 0 Å². The Morgan fingerprint density at radius 3 is 2.67 bits per heavy atom. The summed E-state index contributed by atoms with van der Waals surface area (Å²) in [6.07, 6.45) is -3.36. The Morgan fingerprint density at radius 2 is 2.11 bits per heavy atom. The zero-order valence-electron chi connectivity index (χ0n) is 9.23. The fraction of sp³-hybridized carbons (Fsp3) is 0.500. The highest BCUT2D eigenvalue weighted by atomic mass is 35.5. The Balaban J connectivity index is 2.39. The van der Waals surface area contributed by atoms with E-state index in [0.717, 1.165) is 4.57 Å². The summed E-state index contributed by atoms with van der Waals surface area (Å²) < 4.78 is 6.24. The fourth-order valence-electron chi connectivity index (χ4n) is 1.85. The van der Waals surface area contributed by atoms with Crippen LogP contribution in [0.15, 0.2) is 17.1 Å². The molecule has 0 aromatic carbocycles. The van der Waals surface area contributed by atoms with E-state index in [-0.39, 0.29) is 10.7 Å². The first-order valence-electron chi connectivity index (χ1n) is 5.26. The molecule has 8 heteroatoms. The maximum Gasteiger partial charge on any atom is 0.273 e. The van der Waals surface area contributed by atoms with Crippen LogP contribution in [0.2, 0.25) is 5.02 Å². The smallest absolute Gasteiger partial charge is 0.273 e. The summed E-state index contributed by atoms with van der Waals surface area (Å²) in [5.74, 6) is 0. The normalized spacial score (nSPS) is 31.8. The third kappa shape index (κ3) is 2.00. The van der Waals surface area contributed by atoms with Gasteiger partial charge in [-0.1, -0.05) is 11.6 Å². The minimum atomic E-state index is -1.33. The molecule has 7 nitrogen and oxygen atoms in total. The van der Waals surface area contributed by atoms with Crippen LogP contribution >= 0.6 is 11.6 Å². The molecule has 1 fully saturated rings. The van der Waals surface area contributed by atoms with E-state index in [4.69, 9.17) is 27.2 Å². The van der Waals surface area contributed by atoms with Crippen molar-refractivity contribution in [2.45, 2.75) is 24.5 Å². The van der Waals surface area contributed by atoms with Crippen LogP contribution in [0.5, 0.6) is 0 Å². The van der Waals surface area contributed by atoms with Crippen LogP contribution in [0.25, 0.3) is 0 Å². The van der Waals surface area contributed by atoms with Crippen LogP contribution in [0.1, 0.15) is 6.23 Å². The lowest BCUT2D eigenvalue weighted by Gasteiger charge is -2.18. The van der Waals surface area contributed by atoms with Crippen LogP contribution in [-0.4, -0.2) is 44.8 Å². The van der Waals surface area contributed by atoms with E-state index >= 15 is 0 Å². The Labute approximate surface area is 107 Å². The van der Waals surface area contributed by atoms with Crippen molar-refractivity contribution in [1.82, 2.24) is 4.57 Å². The average molecular weight is 277 g/mol. The summed E-state index contributed by atoms with van der Waals surface area (Å²) in [7, 11) is 0. The number of anilines is 1. The van der Waals surface area contributed by atoms with Crippen molar-refractivity contribution >= 4 is 17.3 Å². The Morgan fingerprint density at radius 1 is 1.44 bits per heavy atom. The summed E-state index contributed by atoms with van der Waals surface area (Å²) in [6, 6.07) is 1.39.